The summed E-state index contributed by atoms with van der Waals surface area (Å²) in [5, 5.41) is 4.25. The molecule has 0 bridgehead atoms. The lowest BCUT2D eigenvalue weighted by molar-refractivity contribution is -0.137. The van der Waals surface area contributed by atoms with E-state index in [4.69, 9.17) is 4.74 Å². The molecule has 0 saturated carbocycles. The van der Waals surface area contributed by atoms with Gasteiger partial charge in [0.25, 0.3) is 0 Å². The Hall–Kier alpha value is -2.54. The van der Waals surface area contributed by atoms with Crippen LogP contribution in [0.3, 0.4) is 0 Å². The standard InChI is InChI=1S/C22H24F3N3O/c1-13(2)18-11-15(22(23,24)25)10-14(3)20(18)27-21-17-5-8-28(12-16-6-9-29-16)19(17)4-7-26-21/h4-5,7-8,10-11,13,16H,6,9,12H2,1-3H3,(H,26,27). The summed E-state index contributed by atoms with van der Waals surface area (Å²) < 4.78 is 47.5. The molecular weight excluding hydrogens is 379 g/mol. The van der Waals surface area contributed by atoms with Crippen LogP contribution in [-0.4, -0.2) is 22.3 Å². The normalized spacial score (nSPS) is 17.0. The zero-order chi connectivity index (χ0) is 20.8. The molecule has 4 nitrogen and oxygen atoms in total. The number of aryl methyl sites for hydroxylation is 1. The Morgan fingerprint density at radius 3 is 2.66 bits per heavy atom. The number of pyridine rings is 1. The lowest BCUT2D eigenvalue weighted by Crippen LogP contribution is -2.30. The van der Waals surface area contributed by atoms with Crippen molar-refractivity contribution in [2.24, 2.45) is 0 Å². The zero-order valence-electron chi connectivity index (χ0n) is 16.7. The molecule has 0 spiro atoms. The van der Waals surface area contributed by atoms with Crippen LogP contribution in [0.1, 0.15) is 42.9 Å². The third-order valence-electron chi connectivity index (χ3n) is 5.45. The number of ether oxygens (including phenoxy) is 1. The third kappa shape index (κ3) is 3.83. The molecule has 29 heavy (non-hydrogen) atoms. The maximum absolute atomic E-state index is 13.3. The summed E-state index contributed by atoms with van der Waals surface area (Å²) in [4.78, 5) is 4.46. The molecule has 1 N–H and O–H groups in total. The second-order valence-electron chi connectivity index (χ2n) is 7.88. The molecule has 1 aliphatic rings. The second kappa shape index (κ2) is 7.37. The number of nitrogens with zero attached hydrogens (tertiary/aromatic N) is 2. The minimum Gasteiger partial charge on any atom is -0.376 e. The summed E-state index contributed by atoms with van der Waals surface area (Å²) in [7, 11) is 0. The van der Waals surface area contributed by atoms with Crippen molar-refractivity contribution in [1.82, 2.24) is 9.55 Å². The Morgan fingerprint density at radius 1 is 1.28 bits per heavy atom. The Bertz CT molecular complexity index is 1040. The smallest absolute Gasteiger partial charge is 0.376 e. The van der Waals surface area contributed by atoms with Gasteiger partial charge in [0, 0.05) is 36.6 Å². The molecule has 0 radical (unpaired) electrons. The van der Waals surface area contributed by atoms with Crippen molar-refractivity contribution < 1.29 is 17.9 Å². The van der Waals surface area contributed by atoms with Gasteiger partial charge < -0.3 is 14.6 Å². The average molecular weight is 403 g/mol. The van der Waals surface area contributed by atoms with Crippen LogP contribution in [0.25, 0.3) is 10.9 Å². The van der Waals surface area contributed by atoms with E-state index in [1.807, 2.05) is 32.2 Å². The van der Waals surface area contributed by atoms with Crippen molar-refractivity contribution in [3.8, 4) is 0 Å². The summed E-state index contributed by atoms with van der Waals surface area (Å²) in [5.74, 6) is 0.568. The Morgan fingerprint density at radius 2 is 2.03 bits per heavy atom. The van der Waals surface area contributed by atoms with Crippen LogP contribution in [-0.2, 0) is 17.5 Å². The summed E-state index contributed by atoms with van der Waals surface area (Å²) >= 11 is 0. The summed E-state index contributed by atoms with van der Waals surface area (Å²) in [5.41, 5.74) is 2.25. The Balaban J connectivity index is 1.73. The van der Waals surface area contributed by atoms with Gasteiger partial charge in [-0.2, -0.15) is 13.2 Å². The summed E-state index contributed by atoms with van der Waals surface area (Å²) in [6.07, 6.45) is 0.643. The van der Waals surface area contributed by atoms with E-state index in [0.29, 0.717) is 22.6 Å². The highest BCUT2D eigenvalue weighted by molar-refractivity contribution is 5.92. The van der Waals surface area contributed by atoms with Gasteiger partial charge >= 0.3 is 6.18 Å². The van der Waals surface area contributed by atoms with Crippen LogP contribution in [0.15, 0.2) is 36.7 Å². The topological polar surface area (TPSA) is 39.1 Å². The number of nitrogens with one attached hydrogen (secondary N) is 1. The van der Waals surface area contributed by atoms with Crippen molar-refractivity contribution >= 4 is 22.4 Å². The maximum Gasteiger partial charge on any atom is 0.416 e. The van der Waals surface area contributed by atoms with Gasteiger partial charge in [-0.05, 0) is 54.7 Å². The molecule has 1 fully saturated rings. The second-order valence-corrected chi connectivity index (χ2v) is 7.88. The molecule has 3 heterocycles. The van der Waals surface area contributed by atoms with Crippen molar-refractivity contribution in [2.45, 2.75) is 51.9 Å². The fraction of sp³-hybridized carbons (Fsp3) is 0.409. The summed E-state index contributed by atoms with van der Waals surface area (Å²) in [6.45, 7) is 7.07. The van der Waals surface area contributed by atoms with Crippen LogP contribution in [0.4, 0.5) is 24.7 Å². The molecule has 0 amide bonds. The highest BCUT2D eigenvalue weighted by Gasteiger charge is 2.32. The summed E-state index contributed by atoms with van der Waals surface area (Å²) in [6, 6.07) is 6.35. The van der Waals surface area contributed by atoms with Gasteiger partial charge in [-0.15, -0.1) is 0 Å². The number of benzene rings is 1. The number of halogens is 3. The number of alkyl halides is 3. The first-order chi connectivity index (χ1) is 13.7. The molecule has 1 atom stereocenters. The van der Waals surface area contributed by atoms with E-state index in [2.05, 4.69) is 14.9 Å². The van der Waals surface area contributed by atoms with Crippen LogP contribution < -0.4 is 5.32 Å². The van der Waals surface area contributed by atoms with Crippen LogP contribution >= 0.6 is 0 Å². The largest absolute Gasteiger partial charge is 0.416 e. The molecule has 2 aromatic heterocycles. The number of hydrogen-bond donors (Lipinski definition) is 1. The van der Waals surface area contributed by atoms with E-state index < -0.39 is 11.7 Å². The van der Waals surface area contributed by atoms with E-state index >= 15 is 0 Å². The molecule has 3 aromatic rings. The first kappa shape index (κ1) is 19.8. The molecule has 4 rings (SSSR count). The number of aromatic nitrogens is 2. The van der Waals surface area contributed by atoms with Gasteiger partial charge in [-0.25, -0.2) is 4.98 Å². The predicted molar refractivity (Wildman–Crippen MR) is 108 cm³/mol. The van der Waals surface area contributed by atoms with Gasteiger partial charge in [0.1, 0.15) is 5.82 Å². The first-order valence-electron chi connectivity index (χ1n) is 9.78. The molecule has 0 aliphatic carbocycles. The lowest BCUT2D eigenvalue weighted by Gasteiger charge is -2.27. The highest BCUT2D eigenvalue weighted by Crippen LogP contribution is 2.38. The van der Waals surface area contributed by atoms with E-state index in [1.165, 1.54) is 12.1 Å². The molecule has 154 valence electrons. The average Bonchev–Trinajstić information content (AvgIpc) is 3.02. The minimum atomic E-state index is -4.37. The van der Waals surface area contributed by atoms with Crippen molar-refractivity contribution in [3.05, 3.63) is 53.3 Å². The van der Waals surface area contributed by atoms with Gasteiger partial charge in [0.2, 0.25) is 0 Å². The van der Waals surface area contributed by atoms with Crippen LogP contribution in [0.2, 0.25) is 0 Å². The van der Waals surface area contributed by atoms with Crippen molar-refractivity contribution in [3.63, 3.8) is 0 Å². The van der Waals surface area contributed by atoms with E-state index in [9.17, 15) is 13.2 Å². The van der Waals surface area contributed by atoms with Gasteiger partial charge in [0.15, 0.2) is 0 Å². The van der Waals surface area contributed by atoms with E-state index in [1.54, 1.807) is 13.1 Å². The molecule has 1 saturated heterocycles. The Kier molecular flexibility index (Phi) is 5.02. The highest BCUT2D eigenvalue weighted by atomic mass is 19.4. The van der Waals surface area contributed by atoms with Gasteiger partial charge in [0.05, 0.1) is 17.2 Å². The minimum absolute atomic E-state index is 0.0712. The quantitative estimate of drug-likeness (QED) is 0.566. The van der Waals surface area contributed by atoms with E-state index in [-0.39, 0.29) is 12.0 Å². The van der Waals surface area contributed by atoms with Gasteiger partial charge in [-0.1, -0.05) is 13.8 Å². The monoisotopic (exact) mass is 403 g/mol. The first-order valence-corrected chi connectivity index (χ1v) is 9.78. The number of anilines is 2. The van der Waals surface area contributed by atoms with Crippen LogP contribution in [0.5, 0.6) is 0 Å². The van der Waals surface area contributed by atoms with E-state index in [0.717, 1.165) is 30.5 Å². The number of rotatable bonds is 5. The lowest BCUT2D eigenvalue weighted by atomic mass is 9.95. The zero-order valence-corrected chi connectivity index (χ0v) is 16.7. The Labute approximate surface area is 167 Å². The molecule has 1 aliphatic heterocycles. The molecule has 1 aromatic carbocycles. The number of hydrogen-bond acceptors (Lipinski definition) is 3. The fourth-order valence-electron chi connectivity index (χ4n) is 3.75. The van der Waals surface area contributed by atoms with Crippen molar-refractivity contribution in [2.75, 3.05) is 11.9 Å². The van der Waals surface area contributed by atoms with Crippen LogP contribution in [0, 0.1) is 6.92 Å². The molecular formula is C22H24F3N3O. The third-order valence-corrected chi connectivity index (χ3v) is 5.45. The number of fused-ring (bicyclic) bond motifs is 1. The maximum atomic E-state index is 13.3. The fourth-order valence-corrected chi connectivity index (χ4v) is 3.75. The van der Waals surface area contributed by atoms with Gasteiger partial charge in [-0.3, -0.25) is 0 Å². The van der Waals surface area contributed by atoms with Crippen molar-refractivity contribution in [1.29, 1.82) is 0 Å². The molecule has 7 heteroatoms. The molecule has 1 unspecified atom stereocenters. The SMILES string of the molecule is Cc1cc(C(F)(F)F)cc(C(C)C)c1Nc1nccc2c1ccn2CC1CCO1. The predicted octanol–water partition coefficient (Wildman–Crippen LogP) is 6.02.